The molecule has 0 spiro atoms. The van der Waals surface area contributed by atoms with Crippen molar-refractivity contribution in [3.63, 3.8) is 0 Å². The van der Waals surface area contributed by atoms with Crippen molar-refractivity contribution >= 4 is 54.3 Å². The van der Waals surface area contributed by atoms with Crippen molar-refractivity contribution in [2.75, 3.05) is 0 Å². The van der Waals surface area contributed by atoms with E-state index >= 15 is 0 Å². The van der Waals surface area contributed by atoms with Gasteiger partial charge in [0.1, 0.15) is 11.2 Å². The average Bonchev–Trinajstić information content (AvgIpc) is 3.56. The van der Waals surface area contributed by atoms with Gasteiger partial charge in [0, 0.05) is 10.8 Å². The fourth-order valence-electron chi connectivity index (χ4n) is 6.26. The molecule has 1 aromatic heterocycles. The summed E-state index contributed by atoms with van der Waals surface area (Å²) in [5.41, 5.74) is 3.08. The normalized spacial score (nSPS) is 15.6. The molecular formula is C42H26O. The van der Waals surface area contributed by atoms with E-state index in [2.05, 4.69) is 0 Å². The number of hydrogen-bond acceptors (Lipinski definition) is 1. The lowest BCUT2D eigenvalue weighted by molar-refractivity contribution is 0.669. The van der Waals surface area contributed by atoms with Crippen molar-refractivity contribution in [2.45, 2.75) is 0 Å². The molecule has 8 aromatic carbocycles. The molecule has 1 nitrogen and oxygen atoms in total. The number of hydrogen-bond donors (Lipinski definition) is 0. The van der Waals surface area contributed by atoms with Gasteiger partial charge in [-0.25, -0.2) is 0 Å². The van der Waals surface area contributed by atoms with E-state index < -0.39 is 54.4 Å². The standard InChI is InChI=1S/C42H26O/c1-2-13-28(14-3-1)36-26-40-37(30-18-10-11-24-39(30)43-40)25-38(36)42-34-21-8-6-19-32(34)41(33-20-7-9-22-35(33)42)31-23-12-16-27-15-4-5-17-29(27)31/h1-26H/i1D,2D,3D,4D,5D,12D,13D,14D,15D,16D,17D,23D. The van der Waals surface area contributed by atoms with Gasteiger partial charge in [-0.1, -0.05) is 139 Å². The minimum atomic E-state index is -0.540. The molecule has 1 heteroatoms. The summed E-state index contributed by atoms with van der Waals surface area (Å²) < 4.78 is 111. The van der Waals surface area contributed by atoms with Crippen molar-refractivity contribution in [3.8, 4) is 33.4 Å². The molecule has 0 saturated carbocycles. The SMILES string of the molecule is [2H]c1c([2H])c([2H])c(-c2cc3oc4ccccc4c3cc2-c2c3ccccc3c(-c3c([2H])c([2H])c([2H])c4c([2H])c([2H])c([2H])c([2H])c34)c3ccccc23)c([2H])c1[2H]. The first-order valence-electron chi connectivity index (χ1n) is 19.8. The lowest BCUT2D eigenvalue weighted by atomic mass is 9.82. The Morgan fingerprint density at radius 3 is 1.70 bits per heavy atom. The Hall–Kier alpha value is -5.66. The summed E-state index contributed by atoms with van der Waals surface area (Å²) in [4.78, 5) is 0. The van der Waals surface area contributed by atoms with Crippen LogP contribution in [0.25, 0.3) is 87.6 Å². The van der Waals surface area contributed by atoms with Crippen LogP contribution in [-0.2, 0) is 0 Å². The zero-order valence-corrected chi connectivity index (χ0v) is 22.5. The van der Waals surface area contributed by atoms with Crippen LogP contribution < -0.4 is 0 Å². The van der Waals surface area contributed by atoms with E-state index in [0.29, 0.717) is 55.0 Å². The molecule has 0 unspecified atom stereocenters. The molecule has 0 radical (unpaired) electrons. The second-order valence-electron chi connectivity index (χ2n) is 10.3. The van der Waals surface area contributed by atoms with Gasteiger partial charge in [0.25, 0.3) is 0 Å². The fourth-order valence-corrected chi connectivity index (χ4v) is 6.26. The Labute approximate surface area is 266 Å². The highest BCUT2D eigenvalue weighted by molar-refractivity contribution is 6.25. The number of benzene rings is 8. The Morgan fingerprint density at radius 2 is 0.977 bits per heavy atom. The molecule has 0 amide bonds. The van der Waals surface area contributed by atoms with Crippen LogP contribution >= 0.6 is 0 Å². The summed E-state index contributed by atoms with van der Waals surface area (Å²) in [6.45, 7) is 0. The molecule has 1 heterocycles. The zero-order chi connectivity index (χ0) is 38.8. The molecule has 0 N–H and O–H groups in total. The van der Waals surface area contributed by atoms with Gasteiger partial charge in [0.05, 0.1) is 16.4 Å². The lowest BCUT2D eigenvalue weighted by Crippen LogP contribution is -1.93. The third kappa shape index (κ3) is 3.65. The third-order valence-electron chi connectivity index (χ3n) is 8.05. The molecule has 0 aliphatic rings. The van der Waals surface area contributed by atoms with Crippen molar-refractivity contribution < 1.29 is 20.9 Å². The summed E-state index contributed by atoms with van der Waals surface area (Å²) in [5, 5.41) is 3.76. The number of para-hydroxylation sites is 1. The second-order valence-corrected chi connectivity index (χ2v) is 10.3. The maximum atomic E-state index is 9.25. The van der Waals surface area contributed by atoms with Gasteiger partial charge in [-0.3, -0.25) is 0 Å². The van der Waals surface area contributed by atoms with Gasteiger partial charge in [0.15, 0.2) is 0 Å². The molecule has 9 aromatic rings. The molecule has 43 heavy (non-hydrogen) atoms. The summed E-state index contributed by atoms with van der Waals surface area (Å²) in [5.74, 6) is 0. The predicted molar refractivity (Wildman–Crippen MR) is 183 cm³/mol. The van der Waals surface area contributed by atoms with Crippen LogP contribution in [0, 0.1) is 0 Å². The second kappa shape index (κ2) is 9.44. The van der Waals surface area contributed by atoms with Crippen LogP contribution in [-0.4, -0.2) is 0 Å². The van der Waals surface area contributed by atoms with Crippen molar-refractivity contribution in [1.82, 2.24) is 0 Å². The Bertz CT molecular complexity index is 3090. The highest BCUT2D eigenvalue weighted by Gasteiger charge is 2.21. The van der Waals surface area contributed by atoms with Gasteiger partial charge in [-0.05, 0) is 83.9 Å². The summed E-state index contributed by atoms with van der Waals surface area (Å²) in [7, 11) is 0. The van der Waals surface area contributed by atoms with Crippen LogP contribution in [0.1, 0.15) is 16.4 Å². The molecule has 9 rings (SSSR count). The van der Waals surface area contributed by atoms with E-state index in [9.17, 15) is 1.37 Å². The van der Waals surface area contributed by atoms with Crippen LogP contribution in [0.3, 0.4) is 0 Å². The topological polar surface area (TPSA) is 13.1 Å². The molecule has 0 bridgehead atoms. The summed E-state index contributed by atoms with van der Waals surface area (Å²) in [6, 6.07) is 20.2. The van der Waals surface area contributed by atoms with E-state index in [1.54, 1.807) is 18.2 Å². The van der Waals surface area contributed by atoms with E-state index in [1.165, 1.54) is 0 Å². The lowest BCUT2D eigenvalue weighted by Gasteiger charge is -2.20. The van der Waals surface area contributed by atoms with E-state index in [-0.39, 0.29) is 40.0 Å². The predicted octanol–water partition coefficient (Wildman–Crippen LogP) is 12.0. The minimum absolute atomic E-state index is 0.0130. The molecule has 0 saturated heterocycles. The van der Waals surface area contributed by atoms with Crippen LogP contribution in [0.2, 0.25) is 0 Å². The van der Waals surface area contributed by atoms with Crippen molar-refractivity contribution in [2.24, 2.45) is 0 Å². The van der Waals surface area contributed by atoms with Crippen molar-refractivity contribution in [3.05, 3.63) is 157 Å². The quantitative estimate of drug-likeness (QED) is 0.197. The van der Waals surface area contributed by atoms with Crippen molar-refractivity contribution in [1.29, 1.82) is 0 Å². The van der Waals surface area contributed by atoms with Gasteiger partial charge in [-0.2, -0.15) is 0 Å². The summed E-state index contributed by atoms with van der Waals surface area (Å²) >= 11 is 0. The molecule has 200 valence electrons. The Balaban J connectivity index is 1.52. The smallest absolute Gasteiger partial charge is 0.136 e. The van der Waals surface area contributed by atoms with Crippen LogP contribution in [0.4, 0.5) is 0 Å². The monoisotopic (exact) mass is 558 g/mol. The molecule has 0 aliphatic heterocycles. The third-order valence-corrected chi connectivity index (χ3v) is 8.05. The zero-order valence-electron chi connectivity index (χ0n) is 34.5. The highest BCUT2D eigenvalue weighted by atomic mass is 16.3. The molecule has 0 atom stereocenters. The van der Waals surface area contributed by atoms with E-state index in [0.717, 1.165) is 10.8 Å². The average molecular weight is 559 g/mol. The maximum absolute atomic E-state index is 9.25. The minimum Gasteiger partial charge on any atom is -0.456 e. The van der Waals surface area contributed by atoms with Gasteiger partial charge in [-0.15, -0.1) is 0 Å². The Kier molecular flexibility index (Phi) is 3.29. The van der Waals surface area contributed by atoms with Crippen LogP contribution in [0.5, 0.6) is 0 Å². The van der Waals surface area contributed by atoms with Gasteiger partial charge >= 0.3 is 0 Å². The first-order valence-corrected chi connectivity index (χ1v) is 13.8. The first kappa shape index (κ1) is 15.0. The van der Waals surface area contributed by atoms with Gasteiger partial charge < -0.3 is 4.42 Å². The number of fused-ring (bicyclic) bond motifs is 6. The fraction of sp³-hybridized carbons (Fsp3) is 0. The van der Waals surface area contributed by atoms with Gasteiger partial charge in [0.2, 0.25) is 0 Å². The molecular weight excluding hydrogens is 520 g/mol. The van der Waals surface area contributed by atoms with E-state index in [4.69, 9.17) is 19.5 Å². The number of furan rings is 1. The Morgan fingerprint density at radius 1 is 0.395 bits per heavy atom. The highest BCUT2D eigenvalue weighted by Crippen LogP contribution is 2.48. The van der Waals surface area contributed by atoms with E-state index in [1.807, 2.05) is 66.7 Å². The summed E-state index contributed by atoms with van der Waals surface area (Å²) in [6.07, 6.45) is 0. The van der Waals surface area contributed by atoms with Crippen LogP contribution in [0.15, 0.2) is 162 Å². The number of rotatable bonds is 3. The first-order chi connectivity index (χ1) is 26.3. The maximum Gasteiger partial charge on any atom is 0.136 e. The molecule has 0 fully saturated rings. The largest absolute Gasteiger partial charge is 0.456 e. The molecule has 0 aliphatic carbocycles.